The molecule has 0 spiro atoms. The molecule has 2 heterocycles. The molecule has 0 saturated carbocycles. The number of imidazole rings is 1. The van der Waals surface area contributed by atoms with E-state index in [0.717, 1.165) is 12.1 Å². The van der Waals surface area contributed by atoms with Gasteiger partial charge in [0.05, 0.1) is 23.8 Å². The third kappa shape index (κ3) is 2.20. The molecule has 0 N–H and O–H groups in total. The van der Waals surface area contributed by atoms with Gasteiger partial charge in [-0.15, -0.1) is 0 Å². The van der Waals surface area contributed by atoms with Crippen LogP contribution in [0.15, 0.2) is 47.8 Å². The fourth-order valence-electron chi connectivity index (χ4n) is 2.20. The third-order valence-electron chi connectivity index (χ3n) is 3.24. The molecule has 0 saturated heterocycles. The molecule has 0 atom stereocenters. The summed E-state index contributed by atoms with van der Waals surface area (Å²) in [4.78, 5) is 15.8. The molecule has 7 heteroatoms. The zero-order valence-electron chi connectivity index (χ0n) is 10.9. The maximum atomic E-state index is 12.8. The van der Waals surface area contributed by atoms with Gasteiger partial charge in [-0.3, -0.25) is 9.20 Å². The van der Waals surface area contributed by atoms with E-state index in [9.17, 15) is 18.0 Å². The number of hydrogen-bond acceptors (Lipinski definition) is 2. The molecule has 0 unspecified atom stereocenters. The van der Waals surface area contributed by atoms with E-state index in [0.29, 0.717) is 16.8 Å². The second-order valence-corrected chi connectivity index (χ2v) is 4.66. The number of aryl methyl sites for hydroxylation is 1. The zero-order valence-corrected chi connectivity index (χ0v) is 10.9. The summed E-state index contributed by atoms with van der Waals surface area (Å²) in [7, 11) is 1.55. The minimum Gasteiger partial charge on any atom is -0.315 e. The van der Waals surface area contributed by atoms with Crippen molar-refractivity contribution in [3.05, 3.63) is 58.9 Å². The van der Waals surface area contributed by atoms with E-state index in [1.165, 1.54) is 33.8 Å². The van der Waals surface area contributed by atoms with Gasteiger partial charge in [0, 0.05) is 18.8 Å². The van der Waals surface area contributed by atoms with Gasteiger partial charge in [0.1, 0.15) is 5.52 Å². The molecule has 1 aromatic carbocycles. The fraction of sp³-hybridized carbons (Fsp3) is 0.143. The highest BCUT2D eigenvalue weighted by Gasteiger charge is 2.30. The SMILES string of the molecule is Cn1cc(-c2cccc(C(F)(F)F)c2)n2cncc2c1=O. The summed E-state index contributed by atoms with van der Waals surface area (Å²) >= 11 is 0. The van der Waals surface area contributed by atoms with E-state index in [4.69, 9.17) is 0 Å². The van der Waals surface area contributed by atoms with E-state index in [2.05, 4.69) is 4.98 Å². The number of alkyl halides is 3. The molecule has 0 radical (unpaired) electrons. The number of nitrogens with zero attached hydrogens (tertiary/aromatic N) is 3. The second kappa shape index (κ2) is 4.47. The van der Waals surface area contributed by atoms with Crippen LogP contribution in [0.2, 0.25) is 0 Å². The number of fused-ring (bicyclic) bond motifs is 1. The zero-order chi connectivity index (χ0) is 15.2. The molecule has 0 aliphatic heterocycles. The Kier molecular flexibility index (Phi) is 2.86. The smallest absolute Gasteiger partial charge is 0.315 e. The second-order valence-electron chi connectivity index (χ2n) is 4.66. The van der Waals surface area contributed by atoms with E-state index >= 15 is 0 Å². The Hall–Kier alpha value is -2.57. The molecule has 3 rings (SSSR count). The summed E-state index contributed by atoms with van der Waals surface area (Å²) in [5.41, 5.74) is 0.150. The fourth-order valence-corrected chi connectivity index (χ4v) is 2.20. The quantitative estimate of drug-likeness (QED) is 0.692. The Morgan fingerprint density at radius 3 is 2.71 bits per heavy atom. The molecule has 0 fully saturated rings. The van der Waals surface area contributed by atoms with Gasteiger partial charge in [-0.1, -0.05) is 12.1 Å². The van der Waals surface area contributed by atoms with Crippen molar-refractivity contribution in [1.82, 2.24) is 14.0 Å². The topological polar surface area (TPSA) is 39.3 Å². The van der Waals surface area contributed by atoms with Crippen molar-refractivity contribution in [3.8, 4) is 11.3 Å². The van der Waals surface area contributed by atoms with Gasteiger partial charge in [-0.25, -0.2) is 4.98 Å². The van der Waals surface area contributed by atoms with E-state index in [-0.39, 0.29) is 5.56 Å². The third-order valence-corrected chi connectivity index (χ3v) is 3.24. The first-order valence-electron chi connectivity index (χ1n) is 6.07. The monoisotopic (exact) mass is 293 g/mol. The Bertz CT molecular complexity index is 877. The maximum Gasteiger partial charge on any atom is 0.416 e. The Morgan fingerprint density at radius 1 is 1.24 bits per heavy atom. The van der Waals surface area contributed by atoms with Crippen molar-refractivity contribution in [3.63, 3.8) is 0 Å². The van der Waals surface area contributed by atoms with Crippen LogP contribution >= 0.6 is 0 Å². The molecule has 0 aliphatic rings. The minimum absolute atomic E-state index is 0.261. The van der Waals surface area contributed by atoms with Crippen molar-refractivity contribution in [2.45, 2.75) is 6.18 Å². The van der Waals surface area contributed by atoms with Gasteiger partial charge < -0.3 is 4.57 Å². The molecule has 108 valence electrons. The molecule has 21 heavy (non-hydrogen) atoms. The summed E-state index contributed by atoms with van der Waals surface area (Å²) in [6, 6.07) is 4.97. The first-order chi connectivity index (χ1) is 9.88. The van der Waals surface area contributed by atoms with Gasteiger partial charge >= 0.3 is 6.18 Å². The van der Waals surface area contributed by atoms with Gasteiger partial charge in [0.2, 0.25) is 0 Å². The van der Waals surface area contributed by atoms with Crippen LogP contribution in [0.4, 0.5) is 13.2 Å². The molecule has 0 amide bonds. The summed E-state index contributed by atoms with van der Waals surface area (Å²) in [6.45, 7) is 0. The van der Waals surface area contributed by atoms with E-state index in [1.807, 2.05) is 0 Å². The molecular formula is C14H10F3N3O. The highest BCUT2D eigenvalue weighted by Crippen LogP contribution is 2.32. The molecular weight excluding hydrogens is 283 g/mol. The van der Waals surface area contributed by atoms with Gasteiger partial charge in [-0.2, -0.15) is 13.2 Å². The van der Waals surface area contributed by atoms with Crippen molar-refractivity contribution in [2.75, 3.05) is 0 Å². The van der Waals surface area contributed by atoms with Crippen LogP contribution in [0.3, 0.4) is 0 Å². The normalized spacial score (nSPS) is 12.0. The van der Waals surface area contributed by atoms with Crippen LogP contribution in [0.25, 0.3) is 16.8 Å². The Labute approximate surface area is 117 Å². The standard InChI is InChI=1S/C14H10F3N3O/c1-19-7-12(20-8-18-6-11(20)13(19)21)9-3-2-4-10(5-9)14(15,16)17/h2-8H,1H3. The molecule has 0 aliphatic carbocycles. The van der Waals surface area contributed by atoms with Gasteiger partial charge in [0.15, 0.2) is 0 Å². The van der Waals surface area contributed by atoms with Crippen LogP contribution in [-0.2, 0) is 13.2 Å². The lowest BCUT2D eigenvalue weighted by Gasteiger charge is -2.11. The lowest BCUT2D eigenvalue weighted by Crippen LogP contribution is -2.19. The lowest BCUT2D eigenvalue weighted by atomic mass is 10.1. The largest absolute Gasteiger partial charge is 0.416 e. The van der Waals surface area contributed by atoms with Crippen molar-refractivity contribution >= 4 is 5.52 Å². The molecule has 2 aromatic heterocycles. The first kappa shape index (κ1) is 13.4. The molecule has 4 nitrogen and oxygen atoms in total. The minimum atomic E-state index is -4.41. The van der Waals surface area contributed by atoms with Crippen molar-refractivity contribution in [1.29, 1.82) is 0 Å². The average molecular weight is 293 g/mol. The first-order valence-corrected chi connectivity index (χ1v) is 6.07. The van der Waals surface area contributed by atoms with Gasteiger partial charge in [0.25, 0.3) is 5.56 Å². The number of benzene rings is 1. The van der Waals surface area contributed by atoms with E-state index in [1.54, 1.807) is 13.1 Å². The van der Waals surface area contributed by atoms with Crippen LogP contribution in [0, 0.1) is 0 Å². The average Bonchev–Trinajstić information content (AvgIpc) is 2.91. The number of aromatic nitrogens is 3. The molecule has 3 aromatic rings. The number of halogens is 3. The summed E-state index contributed by atoms with van der Waals surface area (Å²) in [5.74, 6) is 0. The predicted molar refractivity (Wildman–Crippen MR) is 70.9 cm³/mol. The van der Waals surface area contributed by atoms with Crippen LogP contribution in [0.1, 0.15) is 5.56 Å². The number of rotatable bonds is 1. The number of hydrogen-bond donors (Lipinski definition) is 0. The van der Waals surface area contributed by atoms with E-state index < -0.39 is 11.7 Å². The highest BCUT2D eigenvalue weighted by atomic mass is 19.4. The highest BCUT2D eigenvalue weighted by molar-refractivity contribution is 5.64. The van der Waals surface area contributed by atoms with Crippen molar-refractivity contribution < 1.29 is 13.2 Å². The van der Waals surface area contributed by atoms with Crippen molar-refractivity contribution in [2.24, 2.45) is 7.05 Å². The Balaban J connectivity index is 2.29. The Morgan fingerprint density at radius 2 is 2.00 bits per heavy atom. The molecule has 0 bridgehead atoms. The summed E-state index contributed by atoms with van der Waals surface area (Å²) in [6.07, 6.45) is -0.122. The van der Waals surface area contributed by atoms with Crippen LogP contribution in [-0.4, -0.2) is 14.0 Å². The predicted octanol–water partition coefficient (Wildman–Crippen LogP) is 2.72. The van der Waals surface area contributed by atoms with Crippen LogP contribution < -0.4 is 5.56 Å². The summed E-state index contributed by atoms with van der Waals surface area (Å²) in [5, 5.41) is 0. The summed E-state index contributed by atoms with van der Waals surface area (Å²) < 4.78 is 41.2. The van der Waals surface area contributed by atoms with Crippen LogP contribution in [0.5, 0.6) is 0 Å². The maximum absolute atomic E-state index is 12.8. The lowest BCUT2D eigenvalue weighted by molar-refractivity contribution is -0.137. The van der Waals surface area contributed by atoms with Gasteiger partial charge in [-0.05, 0) is 12.1 Å².